The lowest BCUT2D eigenvalue weighted by atomic mass is 9.83. The van der Waals surface area contributed by atoms with Gasteiger partial charge in [0.15, 0.2) is 0 Å². The van der Waals surface area contributed by atoms with Crippen LogP contribution in [0.4, 0.5) is 21.9 Å². The van der Waals surface area contributed by atoms with Gasteiger partial charge in [0.1, 0.15) is 12.1 Å². The lowest BCUT2D eigenvalue weighted by molar-refractivity contribution is -0.140. The summed E-state index contributed by atoms with van der Waals surface area (Å²) in [5, 5.41) is 6.20. The average Bonchev–Trinajstić information content (AvgIpc) is 2.78. The number of nitrogens with zero attached hydrogens (tertiary/aromatic N) is 3. The predicted molar refractivity (Wildman–Crippen MR) is 111 cm³/mol. The number of anilines is 3. The van der Waals surface area contributed by atoms with Crippen LogP contribution in [-0.2, 0) is 14.3 Å². The fraction of sp³-hybridized carbons (Fsp3) is 0.333. The van der Waals surface area contributed by atoms with Crippen molar-refractivity contribution in [3.63, 3.8) is 0 Å². The maximum Gasteiger partial charge on any atom is 0.325 e. The number of carbonyl (C=O) groups is 3. The van der Waals surface area contributed by atoms with Gasteiger partial charge in [-0.2, -0.15) is 0 Å². The Morgan fingerprint density at radius 3 is 2.67 bits per heavy atom. The first kappa shape index (κ1) is 19.7. The lowest BCUT2D eigenvalue weighted by Crippen LogP contribution is -2.63. The second-order valence-electron chi connectivity index (χ2n) is 7.35. The molecular formula is C21H23N5O4. The maximum atomic E-state index is 13.4. The highest BCUT2D eigenvalue weighted by atomic mass is 16.5. The molecule has 0 aliphatic carbocycles. The molecule has 0 bridgehead atoms. The summed E-state index contributed by atoms with van der Waals surface area (Å²) < 4.78 is 4.78. The molecule has 0 saturated carbocycles. The molecule has 3 heterocycles. The summed E-state index contributed by atoms with van der Waals surface area (Å²) in [6.45, 7) is 0.652. The maximum absolute atomic E-state index is 13.4. The van der Waals surface area contributed by atoms with E-state index in [1.807, 2.05) is 18.2 Å². The van der Waals surface area contributed by atoms with E-state index in [4.69, 9.17) is 4.74 Å². The molecule has 30 heavy (non-hydrogen) atoms. The van der Waals surface area contributed by atoms with Crippen LogP contribution in [0.5, 0.6) is 0 Å². The van der Waals surface area contributed by atoms with Crippen molar-refractivity contribution in [2.75, 3.05) is 42.3 Å². The van der Waals surface area contributed by atoms with E-state index >= 15 is 0 Å². The van der Waals surface area contributed by atoms with Crippen LogP contribution in [0, 0.1) is 0 Å². The van der Waals surface area contributed by atoms with E-state index in [-0.39, 0.29) is 18.5 Å². The van der Waals surface area contributed by atoms with Crippen molar-refractivity contribution in [3.8, 4) is 0 Å². The molecule has 1 spiro atoms. The van der Waals surface area contributed by atoms with Crippen LogP contribution in [0.3, 0.4) is 0 Å². The Kier molecular flexibility index (Phi) is 5.26. The van der Waals surface area contributed by atoms with Gasteiger partial charge in [-0.25, -0.2) is 4.79 Å². The number of methoxy groups -OCH3 is 1. The van der Waals surface area contributed by atoms with E-state index in [0.29, 0.717) is 37.3 Å². The minimum Gasteiger partial charge on any atom is -0.468 e. The third kappa shape index (κ3) is 3.66. The van der Waals surface area contributed by atoms with Crippen LogP contribution in [0.1, 0.15) is 12.8 Å². The Labute approximate surface area is 174 Å². The first-order chi connectivity index (χ1) is 14.5. The quantitative estimate of drug-likeness (QED) is 0.753. The smallest absolute Gasteiger partial charge is 0.325 e. The number of likely N-dealkylation sites (tertiary alicyclic amines) is 1. The van der Waals surface area contributed by atoms with Crippen molar-refractivity contribution in [2.24, 2.45) is 0 Å². The SMILES string of the molecule is COC(=O)CN1C(=O)C2(CCN(C(=O)Nc3cccnc3)CC2)Nc2ccccc21. The van der Waals surface area contributed by atoms with E-state index in [0.717, 1.165) is 5.69 Å². The number of urea groups is 1. The van der Waals surface area contributed by atoms with Crippen LogP contribution in [0.25, 0.3) is 0 Å². The average molecular weight is 409 g/mol. The highest BCUT2D eigenvalue weighted by Crippen LogP contribution is 2.39. The van der Waals surface area contributed by atoms with E-state index in [1.165, 1.54) is 12.0 Å². The molecule has 0 unspecified atom stereocenters. The lowest BCUT2D eigenvalue weighted by Gasteiger charge is -2.47. The molecular weight excluding hydrogens is 386 g/mol. The summed E-state index contributed by atoms with van der Waals surface area (Å²) in [6.07, 6.45) is 4.08. The number of aromatic nitrogens is 1. The third-order valence-corrected chi connectivity index (χ3v) is 5.56. The summed E-state index contributed by atoms with van der Waals surface area (Å²) in [6, 6.07) is 10.7. The summed E-state index contributed by atoms with van der Waals surface area (Å²) in [4.78, 5) is 45.1. The Bertz CT molecular complexity index is 957. The molecule has 9 heteroatoms. The number of carbonyl (C=O) groups excluding carboxylic acids is 3. The van der Waals surface area contributed by atoms with Gasteiger partial charge in [-0.05, 0) is 37.1 Å². The fourth-order valence-corrected chi connectivity index (χ4v) is 3.91. The van der Waals surface area contributed by atoms with Crippen molar-refractivity contribution >= 4 is 35.0 Å². The second-order valence-corrected chi connectivity index (χ2v) is 7.35. The largest absolute Gasteiger partial charge is 0.468 e. The number of hydrogen-bond donors (Lipinski definition) is 2. The number of para-hydroxylation sites is 2. The Hall–Kier alpha value is -3.62. The second kappa shape index (κ2) is 8.02. The number of amides is 3. The van der Waals surface area contributed by atoms with E-state index < -0.39 is 11.5 Å². The van der Waals surface area contributed by atoms with Gasteiger partial charge >= 0.3 is 12.0 Å². The highest BCUT2D eigenvalue weighted by Gasteiger charge is 2.48. The number of rotatable bonds is 3. The number of ether oxygens (including phenoxy) is 1. The van der Waals surface area contributed by atoms with Crippen molar-refractivity contribution in [1.82, 2.24) is 9.88 Å². The van der Waals surface area contributed by atoms with E-state index in [9.17, 15) is 14.4 Å². The zero-order chi connectivity index (χ0) is 21.1. The number of hydrogen-bond acceptors (Lipinski definition) is 6. The minimum absolute atomic E-state index is 0.152. The third-order valence-electron chi connectivity index (χ3n) is 5.56. The monoisotopic (exact) mass is 409 g/mol. The van der Waals surface area contributed by atoms with Gasteiger partial charge in [0.05, 0.1) is 30.4 Å². The van der Waals surface area contributed by atoms with Gasteiger partial charge in [-0.1, -0.05) is 12.1 Å². The number of esters is 1. The Balaban J connectivity index is 1.50. The molecule has 1 saturated heterocycles. The number of pyridine rings is 1. The molecule has 0 atom stereocenters. The highest BCUT2D eigenvalue weighted by molar-refractivity contribution is 6.10. The van der Waals surface area contributed by atoms with Crippen LogP contribution in [0.15, 0.2) is 48.8 Å². The number of fused-ring (bicyclic) bond motifs is 1. The molecule has 1 aromatic heterocycles. The molecule has 0 radical (unpaired) electrons. The van der Waals surface area contributed by atoms with Crippen LogP contribution < -0.4 is 15.5 Å². The van der Waals surface area contributed by atoms with Crippen molar-refractivity contribution in [1.29, 1.82) is 0 Å². The first-order valence-corrected chi connectivity index (χ1v) is 9.74. The van der Waals surface area contributed by atoms with Crippen molar-refractivity contribution in [2.45, 2.75) is 18.4 Å². The zero-order valence-electron chi connectivity index (χ0n) is 16.6. The van der Waals surface area contributed by atoms with Gasteiger partial charge in [-0.3, -0.25) is 19.5 Å². The topological polar surface area (TPSA) is 104 Å². The summed E-state index contributed by atoms with van der Waals surface area (Å²) in [5.74, 6) is -0.664. The zero-order valence-corrected chi connectivity index (χ0v) is 16.6. The molecule has 2 aliphatic rings. The van der Waals surface area contributed by atoms with E-state index in [1.54, 1.807) is 35.5 Å². The van der Waals surface area contributed by atoms with Gasteiger partial charge < -0.3 is 20.3 Å². The Morgan fingerprint density at radius 2 is 1.97 bits per heavy atom. The minimum atomic E-state index is -0.868. The molecule has 9 nitrogen and oxygen atoms in total. The molecule has 1 aromatic carbocycles. The molecule has 1 fully saturated rings. The number of nitrogens with one attached hydrogen (secondary N) is 2. The molecule has 2 aromatic rings. The fourth-order valence-electron chi connectivity index (χ4n) is 3.91. The van der Waals surface area contributed by atoms with Gasteiger partial charge in [0.25, 0.3) is 5.91 Å². The van der Waals surface area contributed by atoms with Crippen LogP contribution in [0.2, 0.25) is 0 Å². The molecule has 2 aliphatic heterocycles. The number of benzene rings is 1. The molecule has 156 valence electrons. The van der Waals surface area contributed by atoms with Gasteiger partial charge in [0, 0.05) is 19.3 Å². The van der Waals surface area contributed by atoms with Crippen LogP contribution >= 0.6 is 0 Å². The van der Waals surface area contributed by atoms with E-state index in [2.05, 4.69) is 15.6 Å². The summed E-state index contributed by atoms with van der Waals surface area (Å²) >= 11 is 0. The first-order valence-electron chi connectivity index (χ1n) is 9.74. The molecule has 3 amide bonds. The molecule has 2 N–H and O–H groups in total. The Morgan fingerprint density at radius 1 is 1.20 bits per heavy atom. The predicted octanol–water partition coefficient (Wildman–Crippen LogP) is 2.08. The normalized spacial score (nSPS) is 17.2. The summed E-state index contributed by atoms with van der Waals surface area (Å²) in [5.41, 5.74) is 1.19. The van der Waals surface area contributed by atoms with Gasteiger partial charge in [0.2, 0.25) is 0 Å². The van der Waals surface area contributed by atoms with Gasteiger partial charge in [-0.15, -0.1) is 0 Å². The van der Waals surface area contributed by atoms with Crippen LogP contribution in [-0.4, -0.2) is 60.1 Å². The summed E-state index contributed by atoms with van der Waals surface area (Å²) in [7, 11) is 1.30. The van der Waals surface area contributed by atoms with Crippen molar-refractivity contribution in [3.05, 3.63) is 48.8 Å². The van der Waals surface area contributed by atoms with Crippen molar-refractivity contribution < 1.29 is 19.1 Å². The standard InChI is InChI=1S/C21H23N5O4/c1-30-18(27)14-26-17-7-3-2-6-16(17)24-21(19(26)28)8-11-25(12-9-21)20(29)23-15-5-4-10-22-13-15/h2-7,10,13,24H,8-9,11-12,14H2,1H3,(H,23,29). The number of piperidine rings is 1. The molecule has 4 rings (SSSR count).